The van der Waals surface area contributed by atoms with Gasteiger partial charge in [0.2, 0.25) is 0 Å². The number of hydrogen-bond acceptors (Lipinski definition) is 3. The van der Waals surface area contributed by atoms with Crippen LogP contribution in [-0.4, -0.2) is 10.8 Å². The predicted octanol–water partition coefficient (Wildman–Crippen LogP) is 3.23. The molecule has 0 aliphatic carbocycles. The quantitative estimate of drug-likeness (QED) is 0.793. The van der Waals surface area contributed by atoms with E-state index in [0.29, 0.717) is 16.3 Å². The number of halogens is 1. The SMILES string of the molecule is N#CC(C(=O)c1cccc(Cl)c1)c1ccccn1. The van der Waals surface area contributed by atoms with Gasteiger partial charge in [0.25, 0.3) is 0 Å². The number of carbonyl (C=O) groups is 1. The van der Waals surface area contributed by atoms with Crippen LogP contribution in [0.4, 0.5) is 0 Å². The van der Waals surface area contributed by atoms with Crippen molar-refractivity contribution in [1.82, 2.24) is 4.98 Å². The predicted molar refractivity (Wildman–Crippen MR) is 68.4 cm³/mol. The minimum absolute atomic E-state index is 0.293. The lowest BCUT2D eigenvalue weighted by atomic mass is 9.95. The van der Waals surface area contributed by atoms with Gasteiger partial charge in [-0.05, 0) is 24.3 Å². The molecule has 3 nitrogen and oxygen atoms in total. The highest BCUT2D eigenvalue weighted by molar-refractivity contribution is 6.31. The van der Waals surface area contributed by atoms with Crippen LogP contribution in [0.25, 0.3) is 0 Å². The van der Waals surface area contributed by atoms with Gasteiger partial charge in [0.15, 0.2) is 11.7 Å². The molecule has 0 saturated carbocycles. The zero-order valence-corrected chi connectivity index (χ0v) is 10.1. The second-order valence-corrected chi connectivity index (χ2v) is 4.13. The average molecular weight is 257 g/mol. The maximum Gasteiger partial charge on any atom is 0.186 e. The molecule has 0 spiro atoms. The number of carbonyl (C=O) groups excluding carboxylic acids is 1. The smallest absolute Gasteiger partial charge is 0.186 e. The monoisotopic (exact) mass is 256 g/mol. The average Bonchev–Trinajstić information content (AvgIpc) is 2.41. The first kappa shape index (κ1) is 12.3. The normalized spacial score (nSPS) is 11.6. The summed E-state index contributed by atoms with van der Waals surface area (Å²) >= 11 is 5.83. The number of benzene rings is 1. The number of pyridine rings is 1. The second kappa shape index (κ2) is 5.44. The van der Waals surface area contributed by atoms with E-state index in [1.807, 2.05) is 6.07 Å². The fourth-order valence-corrected chi connectivity index (χ4v) is 1.80. The second-order valence-electron chi connectivity index (χ2n) is 3.69. The van der Waals surface area contributed by atoms with Gasteiger partial charge in [-0.2, -0.15) is 5.26 Å². The Hall–Kier alpha value is -2.18. The summed E-state index contributed by atoms with van der Waals surface area (Å²) in [5.41, 5.74) is 0.865. The van der Waals surface area contributed by atoms with E-state index in [2.05, 4.69) is 4.98 Å². The molecule has 1 atom stereocenters. The van der Waals surface area contributed by atoms with Crippen molar-refractivity contribution in [3.05, 3.63) is 64.9 Å². The van der Waals surface area contributed by atoms with Crippen LogP contribution < -0.4 is 0 Å². The lowest BCUT2D eigenvalue weighted by molar-refractivity contribution is 0.0977. The molecule has 2 aromatic rings. The number of aromatic nitrogens is 1. The molecule has 0 aliphatic rings. The Labute approximate surface area is 110 Å². The molecular weight excluding hydrogens is 248 g/mol. The third-order valence-corrected chi connectivity index (χ3v) is 2.72. The highest BCUT2D eigenvalue weighted by atomic mass is 35.5. The summed E-state index contributed by atoms with van der Waals surface area (Å²) in [4.78, 5) is 16.3. The molecule has 0 saturated heterocycles. The van der Waals surface area contributed by atoms with Crippen LogP contribution in [0.5, 0.6) is 0 Å². The zero-order valence-electron chi connectivity index (χ0n) is 9.38. The molecule has 1 aromatic carbocycles. The van der Waals surface area contributed by atoms with Gasteiger partial charge in [0.05, 0.1) is 11.8 Å². The number of nitrogens with zero attached hydrogens (tertiary/aromatic N) is 2. The number of rotatable bonds is 3. The van der Waals surface area contributed by atoms with E-state index in [1.54, 1.807) is 48.7 Å². The van der Waals surface area contributed by atoms with Gasteiger partial charge in [-0.3, -0.25) is 9.78 Å². The van der Waals surface area contributed by atoms with E-state index >= 15 is 0 Å². The first-order valence-electron chi connectivity index (χ1n) is 5.32. The number of ketones is 1. The molecule has 18 heavy (non-hydrogen) atoms. The lowest BCUT2D eigenvalue weighted by Gasteiger charge is -2.07. The van der Waals surface area contributed by atoms with Gasteiger partial charge in [-0.1, -0.05) is 29.8 Å². The van der Waals surface area contributed by atoms with Gasteiger partial charge in [-0.15, -0.1) is 0 Å². The molecule has 0 amide bonds. The van der Waals surface area contributed by atoms with E-state index in [1.165, 1.54) is 0 Å². The highest BCUT2D eigenvalue weighted by Gasteiger charge is 2.22. The number of hydrogen-bond donors (Lipinski definition) is 0. The standard InChI is InChI=1S/C14H9ClN2O/c15-11-5-3-4-10(8-11)14(18)12(9-16)13-6-1-2-7-17-13/h1-8,12H. The topological polar surface area (TPSA) is 53.8 Å². The van der Waals surface area contributed by atoms with E-state index in [4.69, 9.17) is 16.9 Å². The molecule has 1 aromatic heterocycles. The Kier molecular flexibility index (Phi) is 3.71. The summed E-state index contributed by atoms with van der Waals surface area (Å²) in [6.45, 7) is 0. The minimum Gasteiger partial charge on any atom is -0.292 e. The van der Waals surface area contributed by atoms with E-state index < -0.39 is 5.92 Å². The molecule has 1 heterocycles. The fraction of sp³-hybridized carbons (Fsp3) is 0.0714. The van der Waals surface area contributed by atoms with Gasteiger partial charge < -0.3 is 0 Å². The summed E-state index contributed by atoms with van der Waals surface area (Å²) in [6.07, 6.45) is 1.56. The van der Waals surface area contributed by atoms with Crippen molar-refractivity contribution in [2.45, 2.75) is 5.92 Å². The first-order chi connectivity index (χ1) is 8.72. The summed E-state index contributed by atoms with van der Waals surface area (Å²) in [6, 6.07) is 13.7. The molecule has 0 bridgehead atoms. The van der Waals surface area contributed by atoms with E-state index in [-0.39, 0.29) is 5.78 Å². The maximum absolute atomic E-state index is 12.2. The summed E-state index contributed by atoms with van der Waals surface area (Å²) in [7, 11) is 0. The summed E-state index contributed by atoms with van der Waals surface area (Å²) in [5, 5.41) is 9.61. The molecular formula is C14H9ClN2O. The van der Waals surface area contributed by atoms with Gasteiger partial charge in [0, 0.05) is 16.8 Å². The molecule has 0 radical (unpaired) electrons. The fourth-order valence-electron chi connectivity index (χ4n) is 1.61. The molecule has 0 fully saturated rings. The van der Waals surface area contributed by atoms with Crippen molar-refractivity contribution in [3.63, 3.8) is 0 Å². The Balaban J connectivity index is 2.36. The van der Waals surface area contributed by atoms with Crippen molar-refractivity contribution in [1.29, 1.82) is 5.26 Å². The van der Waals surface area contributed by atoms with Crippen molar-refractivity contribution in [2.24, 2.45) is 0 Å². The van der Waals surface area contributed by atoms with Crippen molar-refractivity contribution < 1.29 is 4.79 Å². The highest BCUT2D eigenvalue weighted by Crippen LogP contribution is 2.20. The van der Waals surface area contributed by atoms with Gasteiger partial charge in [0.1, 0.15) is 0 Å². The molecule has 1 unspecified atom stereocenters. The molecule has 4 heteroatoms. The van der Waals surface area contributed by atoms with Gasteiger partial charge >= 0.3 is 0 Å². The van der Waals surface area contributed by atoms with Crippen LogP contribution in [0.2, 0.25) is 5.02 Å². The van der Waals surface area contributed by atoms with Crippen LogP contribution >= 0.6 is 11.6 Å². The van der Waals surface area contributed by atoms with Crippen LogP contribution in [0, 0.1) is 11.3 Å². The van der Waals surface area contributed by atoms with Crippen LogP contribution in [0.3, 0.4) is 0 Å². The van der Waals surface area contributed by atoms with Gasteiger partial charge in [-0.25, -0.2) is 0 Å². The van der Waals surface area contributed by atoms with E-state index in [9.17, 15) is 4.79 Å². The van der Waals surface area contributed by atoms with Crippen molar-refractivity contribution in [3.8, 4) is 6.07 Å². The third kappa shape index (κ3) is 2.55. The maximum atomic E-state index is 12.2. The largest absolute Gasteiger partial charge is 0.292 e. The Bertz CT molecular complexity index is 605. The molecule has 0 aliphatic heterocycles. The summed E-state index contributed by atoms with van der Waals surface area (Å²) < 4.78 is 0. The number of Topliss-reactive ketones (excluding diaryl/α,β-unsaturated/α-hetero) is 1. The van der Waals surface area contributed by atoms with E-state index in [0.717, 1.165) is 0 Å². The first-order valence-corrected chi connectivity index (χ1v) is 5.70. The lowest BCUT2D eigenvalue weighted by Crippen LogP contribution is -2.12. The molecule has 88 valence electrons. The van der Waals surface area contributed by atoms with Crippen molar-refractivity contribution in [2.75, 3.05) is 0 Å². The zero-order chi connectivity index (χ0) is 13.0. The summed E-state index contributed by atoms with van der Waals surface area (Å²) in [5.74, 6) is -1.19. The Morgan fingerprint density at radius 2 is 2.11 bits per heavy atom. The number of nitriles is 1. The van der Waals surface area contributed by atoms with Crippen molar-refractivity contribution >= 4 is 17.4 Å². The van der Waals surface area contributed by atoms with Crippen LogP contribution in [0.15, 0.2) is 48.7 Å². The molecule has 0 N–H and O–H groups in total. The Morgan fingerprint density at radius 1 is 1.28 bits per heavy atom. The minimum atomic E-state index is -0.898. The third-order valence-electron chi connectivity index (χ3n) is 2.48. The molecule has 2 rings (SSSR count). The Morgan fingerprint density at radius 3 is 2.72 bits per heavy atom. The van der Waals surface area contributed by atoms with Crippen LogP contribution in [-0.2, 0) is 0 Å². The van der Waals surface area contributed by atoms with Crippen LogP contribution in [0.1, 0.15) is 22.0 Å².